The van der Waals surface area contributed by atoms with E-state index in [0.717, 1.165) is 23.7 Å². The minimum Gasteiger partial charge on any atom is -0.478 e. The van der Waals surface area contributed by atoms with Gasteiger partial charge in [-0.25, -0.2) is 4.79 Å². The molecule has 2 rings (SSSR count). The van der Waals surface area contributed by atoms with Crippen molar-refractivity contribution in [1.82, 2.24) is 0 Å². The molecular weight excluding hydrogens is 226 g/mol. The number of carbonyl (C=O) groups is 1. The van der Waals surface area contributed by atoms with Crippen LogP contribution in [-0.2, 0) is 0 Å². The Hall–Kier alpha value is -1.51. The number of hydrogen-bond acceptors (Lipinski definition) is 2. The second kappa shape index (κ2) is 5.01. The molecule has 1 fully saturated rings. The number of hydrogen-bond donors (Lipinski definition) is 1. The summed E-state index contributed by atoms with van der Waals surface area (Å²) in [5.74, 6) is -0.0963. The normalized spacial score (nSPS) is 14.9. The van der Waals surface area contributed by atoms with Gasteiger partial charge in [-0.3, -0.25) is 0 Å². The average molecular weight is 247 g/mol. The Morgan fingerprint density at radius 2 is 2.11 bits per heavy atom. The summed E-state index contributed by atoms with van der Waals surface area (Å²) in [4.78, 5) is 13.6. The number of carboxylic acids is 1. The van der Waals surface area contributed by atoms with Crippen LogP contribution in [0.4, 0.5) is 5.69 Å². The molecule has 0 bridgehead atoms. The zero-order valence-corrected chi connectivity index (χ0v) is 11.3. The molecule has 0 atom stereocenters. The fourth-order valence-electron chi connectivity index (χ4n) is 2.23. The molecular formula is C15H21NO2. The molecule has 0 radical (unpaired) electrons. The predicted molar refractivity (Wildman–Crippen MR) is 73.3 cm³/mol. The standard InChI is InChI=1S/C15H21NO2/c1-10(2)16(9-12-5-6-12)14-8-11(3)4-7-13(14)15(17)18/h4,7-8,10,12H,5-6,9H2,1-3H3,(H,17,18). The van der Waals surface area contributed by atoms with Crippen molar-refractivity contribution in [3.8, 4) is 0 Å². The molecule has 98 valence electrons. The fraction of sp³-hybridized carbons (Fsp3) is 0.533. The van der Waals surface area contributed by atoms with E-state index >= 15 is 0 Å². The number of carboxylic acid groups (broad SMARTS) is 1. The first-order chi connectivity index (χ1) is 8.49. The van der Waals surface area contributed by atoms with Crippen LogP contribution in [0.2, 0.25) is 0 Å². The van der Waals surface area contributed by atoms with Gasteiger partial charge in [-0.1, -0.05) is 6.07 Å². The lowest BCUT2D eigenvalue weighted by atomic mass is 10.1. The Balaban J connectivity index is 2.37. The van der Waals surface area contributed by atoms with Crippen molar-refractivity contribution >= 4 is 11.7 Å². The van der Waals surface area contributed by atoms with Crippen LogP contribution in [0.25, 0.3) is 0 Å². The third kappa shape index (κ3) is 2.84. The van der Waals surface area contributed by atoms with Gasteiger partial charge in [-0.05, 0) is 57.2 Å². The molecule has 0 aromatic heterocycles. The summed E-state index contributed by atoms with van der Waals surface area (Å²) >= 11 is 0. The summed E-state index contributed by atoms with van der Waals surface area (Å²) in [7, 11) is 0. The Morgan fingerprint density at radius 3 is 2.61 bits per heavy atom. The Bertz CT molecular complexity index is 450. The number of aryl methyl sites for hydroxylation is 1. The van der Waals surface area contributed by atoms with E-state index in [2.05, 4.69) is 18.7 Å². The second-order valence-electron chi connectivity index (χ2n) is 5.52. The summed E-state index contributed by atoms with van der Waals surface area (Å²) in [5, 5.41) is 9.31. The van der Waals surface area contributed by atoms with Gasteiger partial charge in [0.05, 0.1) is 11.3 Å². The predicted octanol–water partition coefficient (Wildman–Crippen LogP) is 3.32. The van der Waals surface area contributed by atoms with Crippen LogP contribution in [0.15, 0.2) is 18.2 Å². The quantitative estimate of drug-likeness (QED) is 0.867. The van der Waals surface area contributed by atoms with E-state index in [9.17, 15) is 9.90 Å². The summed E-state index contributed by atoms with van der Waals surface area (Å²) in [6.45, 7) is 7.22. The lowest BCUT2D eigenvalue weighted by Crippen LogP contribution is -2.34. The van der Waals surface area contributed by atoms with Gasteiger partial charge in [0.15, 0.2) is 0 Å². The van der Waals surface area contributed by atoms with E-state index < -0.39 is 5.97 Å². The van der Waals surface area contributed by atoms with E-state index in [1.165, 1.54) is 12.8 Å². The van der Waals surface area contributed by atoms with Crippen LogP contribution in [0.1, 0.15) is 42.6 Å². The fourth-order valence-corrected chi connectivity index (χ4v) is 2.23. The molecule has 1 aliphatic rings. The van der Waals surface area contributed by atoms with Gasteiger partial charge in [0.1, 0.15) is 0 Å². The molecule has 18 heavy (non-hydrogen) atoms. The van der Waals surface area contributed by atoms with Crippen LogP contribution < -0.4 is 4.90 Å². The van der Waals surface area contributed by atoms with E-state index in [1.807, 2.05) is 19.1 Å². The van der Waals surface area contributed by atoms with E-state index in [4.69, 9.17) is 0 Å². The lowest BCUT2D eigenvalue weighted by molar-refractivity contribution is 0.0697. The molecule has 0 spiro atoms. The third-order valence-electron chi connectivity index (χ3n) is 3.47. The molecule has 0 heterocycles. The molecule has 1 aromatic carbocycles. The summed E-state index contributed by atoms with van der Waals surface area (Å²) < 4.78 is 0. The number of nitrogens with zero attached hydrogens (tertiary/aromatic N) is 1. The second-order valence-corrected chi connectivity index (χ2v) is 5.52. The third-order valence-corrected chi connectivity index (χ3v) is 3.47. The highest BCUT2D eigenvalue weighted by atomic mass is 16.4. The van der Waals surface area contributed by atoms with Crippen LogP contribution in [0.5, 0.6) is 0 Å². The highest BCUT2D eigenvalue weighted by molar-refractivity contribution is 5.94. The minimum absolute atomic E-state index is 0.325. The van der Waals surface area contributed by atoms with Crippen LogP contribution in [0, 0.1) is 12.8 Å². The van der Waals surface area contributed by atoms with Gasteiger partial charge in [0.25, 0.3) is 0 Å². The van der Waals surface area contributed by atoms with Crippen molar-refractivity contribution in [2.75, 3.05) is 11.4 Å². The molecule has 0 aliphatic heterocycles. The van der Waals surface area contributed by atoms with E-state index in [-0.39, 0.29) is 0 Å². The van der Waals surface area contributed by atoms with Gasteiger partial charge in [0, 0.05) is 12.6 Å². The van der Waals surface area contributed by atoms with Crippen molar-refractivity contribution < 1.29 is 9.90 Å². The Labute approximate surface area is 108 Å². The zero-order chi connectivity index (χ0) is 13.3. The van der Waals surface area contributed by atoms with Gasteiger partial charge in [0.2, 0.25) is 0 Å². The number of benzene rings is 1. The molecule has 0 amide bonds. The van der Waals surface area contributed by atoms with Crippen LogP contribution in [0.3, 0.4) is 0 Å². The number of anilines is 1. The smallest absolute Gasteiger partial charge is 0.337 e. The van der Waals surface area contributed by atoms with Crippen LogP contribution >= 0.6 is 0 Å². The van der Waals surface area contributed by atoms with Gasteiger partial charge in [-0.2, -0.15) is 0 Å². The monoisotopic (exact) mass is 247 g/mol. The molecule has 3 nitrogen and oxygen atoms in total. The van der Waals surface area contributed by atoms with Crippen molar-refractivity contribution in [2.24, 2.45) is 5.92 Å². The first kappa shape index (κ1) is 12.9. The molecule has 0 saturated heterocycles. The van der Waals surface area contributed by atoms with Crippen molar-refractivity contribution in [3.63, 3.8) is 0 Å². The highest BCUT2D eigenvalue weighted by Crippen LogP contribution is 2.33. The molecule has 1 aliphatic carbocycles. The summed E-state index contributed by atoms with van der Waals surface area (Å²) in [6, 6.07) is 5.90. The maximum atomic E-state index is 11.3. The zero-order valence-electron chi connectivity index (χ0n) is 11.3. The summed E-state index contributed by atoms with van der Waals surface area (Å²) in [6.07, 6.45) is 2.55. The number of rotatable bonds is 5. The van der Waals surface area contributed by atoms with Crippen molar-refractivity contribution in [1.29, 1.82) is 0 Å². The lowest BCUT2D eigenvalue weighted by Gasteiger charge is -2.30. The Kier molecular flexibility index (Phi) is 3.60. The maximum Gasteiger partial charge on any atom is 0.337 e. The van der Waals surface area contributed by atoms with Crippen molar-refractivity contribution in [2.45, 2.75) is 39.7 Å². The topological polar surface area (TPSA) is 40.5 Å². The first-order valence-electron chi connectivity index (χ1n) is 6.59. The Morgan fingerprint density at radius 1 is 1.44 bits per heavy atom. The maximum absolute atomic E-state index is 11.3. The van der Waals surface area contributed by atoms with E-state index in [1.54, 1.807) is 6.07 Å². The molecule has 1 saturated carbocycles. The van der Waals surface area contributed by atoms with Gasteiger partial charge in [-0.15, -0.1) is 0 Å². The number of aromatic carboxylic acids is 1. The highest BCUT2D eigenvalue weighted by Gasteiger charge is 2.27. The molecule has 3 heteroatoms. The van der Waals surface area contributed by atoms with Crippen molar-refractivity contribution in [3.05, 3.63) is 29.3 Å². The van der Waals surface area contributed by atoms with Gasteiger partial charge >= 0.3 is 5.97 Å². The molecule has 0 unspecified atom stereocenters. The van der Waals surface area contributed by atoms with Gasteiger partial charge < -0.3 is 10.0 Å². The molecule has 1 N–H and O–H groups in total. The first-order valence-corrected chi connectivity index (χ1v) is 6.59. The largest absolute Gasteiger partial charge is 0.478 e. The average Bonchev–Trinajstić information content (AvgIpc) is 3.08. The molecule has 1 aromatic rings. The van der Waals surface area contributed by atoms with E-state index in [0.29, 0.717) is 11.6 Å². The minimum atomic E-state index is -0.841. The SMILES string of the molecule is Cc1ccc(C(=O)O)c(N(CC2CC2)C(C)C)c1. The summed E-state index contributed by atoms with van der Waals surface area (Å²) in [5.41, 5.74) is 2.38. The van der Waals surface area contributed by atoms with Crippen LogP contribution in [-0.4, -0.2) is 23.7 Å².